The smallest absolute Gasteiger partial charge is 0.273 e. The third-order valence-corrected chi connectivity index (χ3v) is 5.45. The first kappa shape index (κ1) is 14.0. The van der Waals surface area contributed by atoms with E-state index in [4.69, 9.17) is 5.73 Å². The lowest BCUT2D eigenvalue weighted by Crippen LogP contribution is -2.53. The van der Waals surface area contributed by atoms with Crippen molar-refractivity contribution in [1.29, 1.82) is 0 Å². The predicted octanol–water partition coefficient (Wildman–Crippen LogP) is 1.16. The summed E-state index contributed by atoms with van der Waals surface area (Å²) in [6.45, 7) is 3.33. The van der Waals surface area contributed by atoms with Crippen LogP contribution in [0, 0.1) is 5.92 Å². The van der Waals surface area contributed by atoms with Gasteiger partial charge in [-0.3, -0.25) is 4.79 Å². The van der Waals surface area contributed by atoms with Crippen molar-refractivity contribution >= 4 is 17.2 Å². The summed E-state index contributed by atoms with van der Waals surface area (Å²) < 4.78 is 0. The van der Waals surface area contributed by atoms with E-state index in [0.717, 1.165) is 24.5 Å². The van der Waals surface area contributed by atoms with Gasteiger partial charge in [-0.05, 0) is 38.8 Å². The number of carbonyl (C=O) groups is 1. The Labute approximate surface area is 123 Å². The predicted molar refractivity (Wildman–Crippen MR) is 79.7 cm³/mol. The maximum absolute atomic E-state index is 12.5. The molecule has 0 spiro atoms. The first-order valence-electron chi connectivity index (χ1n) is 7.33. The molecule has 1 aromatic rings. The highest BCUT2D eigenvalue weighted by Crippen LogP contribution is 2.30. The van der Waals surface area contributed by atoms with Crippen molar-refractivity contribution in [1.82, 2.24) is 14.8 Å². The molecule has 1 aromatic heterocycles. The molecular formula is C14H22N4OS. The number of fused-ring (bicyclic) bond motifs is 1. The van der Waals surface area contributed by atoms with Crippen molar-refractivity contribution < 1.29 is 4.79 Å². The summed E-state index contributed by atoms with van der Waals surface area (Å²) in [6.07, 6.45) is 3.57. The van der Waals surface area contributed by atoms with E-state index in [9.17, 15) is 4.79 Å². The number of aromatic nitrogens is 1. The lowest BCUT2D eigenvalue weighted by molar-refractivity contribution is 0.0313. The summed E-state index contributed by atoms with van der Waals surface area (Å²) >= 11 is 1.47. The molecule has 2 fully saturated rings. The zero-order valence-electron chi connectivity index (χ0n) is 11.9. The molecular weight excluding hydrogens is 272 g/mol. The van der Waals surface area contributed by atoms with Crippen LogP contribution in [0.4, 0.5) is 0 Å². The summed E-state index contributed by atoms with van der Waals surface area (Å²) in [6, 6.07) is 0.655. The van der Waals surface area contributed by atoms with Crippen LogP contribution in [0.5, 0.6) is 0 Å². The number of carbonyl (C=O) groups excluding carboxylic acids is 1. The maximum atomic E-state index is 12.5. The summed E-state index contributed by atoms with van der Waals surface area (Å²) in [5, 5.41) is 2.67. The van der Waals surface area contributed by atoms with Gasteiger partial charge in [0.15, 0.2) is 0 Å². The van der Waals surface area contributed by atoms with E-state index < -0.39 is 0 Å². The Morgan fingerprint density at radius 2 is 2.35 bits per heavy atom. The van der Waals surface area contributed by atoms with Gasteiger partial charge < -0.3 is 15.5 Å². The Kier molecular flexibility index (Phi) is 4.05. The molecule has 3 heterocycles. The van der Waals surface area contributed by atoms with Crippen molar-refractivity contribution in [2.24, 2.45) is 11.7 Å². The van der Waals surface area contributed by atoms with Crippen molar-refractivity contribution in [2.45, 2.75) is 31.8 Å². The molecule has 0 radical (unpaired) electrons. The number of hydrogen-bond donors (Lipinski definition) is 1. The molecule has 2 saturated heterocycles. The molecule has 0 saturated carbocycles. The van der Waals surface area contributed by atoms with Gasteiger partial charge in [0, 0.05) is 31.1 Å². The second-order valence-corrected chi connectivity index (χ2v) is 6.76. The van der Waals surface area contributed by atoms with Crippen LogP contribution in [0.3, 0.4) is 0 Å². The third-order valence-electron chi connectivity index (χ3n) is 4.58. The van der Waals surface area contributed by atoms with Crippen LogP contribution in [0.1, 0.15) is 34.8 Å². The van der Waals surface area contributed by atoms with Gasteiger partial charge >= 0.3 is 0 Å². The Morgan fingerprint density at radius 1 is 1.50 bits per heavy atom. The van der Waals surface area contributed by atoms with Crippen LogP contribution < -0.4 is 5.73 Å². The molecule has 2 aliphatic rings. The van der Waals surface area contributed by atoms with Crippen LogP contribution in [0.2, 0.25) is 0 Å². The fourth-order valence-electron chi connectivity index (χ4n) is 3.50. The van der Waals surface area contributed by atoms with Gasteiger partial charge in [-0.1, -0.05) is 0 Å². The largest absolute Gasteiger partial charge is 0.337 e. The van der Waals surface area contributed by atoms with Crippen LogP contribution in [0.25, 0.3) is 0 Å². The number of likely N-dealkylation sites (tertiary alicyclic amines) is 2. The van der Waals surface area contributed by atoms with E-state index in [1.165, 1.54) is 30.7 Å². The van der Waals surface area contributed by atoms with Gasteiger partial charge in [-0.25, -0.2) is 4.98 Å². The highest BCUT2D eigenvalue weighted by molar-refractivity contribution is 7.09. The SMILES string of the molecule is CN1CCCC2CN(C(=O)c3csc(CN)n3)CCC21. The second-order valence-electron chi connectivity index (χ2n) is 5.82. The average Bonchev–Trinajstić information content (AvgIpc) is 2.95. The quantitative estimate of drug-likeness (QED) is 0.889. The molecule has 110 valence electrons. The molecule has 2 aliphatic heterocycles. The second kappa shape index (κ2) is 5.79. The van der Waals surface area contributed by atoms with E-state index in [1.807, 2.05) is 10.3 Å². The molecule has 3 rings (SSSR count). The normalized spacial score (nSPS) is 27.4. The zero-order valence-corrected chi connectivity index (χ0v) is 12.7. The average molecular weight is 294 g/mol. The molecule has 20 heavy (non-hydrogen) atoms. The van der Waals surface area contributed by atoms with E-state index in [0.29, 0.717) is 24.2 Å². The molecule has 0 aliphatic carbocycles. The highest BCUT2D eigenvalue weighted by atomic mass is 32.1. The highest BCUT2D eigenvalue weighted by Gasteiger charge is 2.36. The molecule has 2 atom stereocenters. The van der Waals surface area contributed by atoms with E-state index in [-0.39, 0.29) is 5.91 Å². The minimum absolute atomic E-state index is 0.0765. The van der Waals surface area contributed by atoms with Gasteiger partial charge in [-0.15, -0.1) is 11.3 Å². The van der Waals surface area contributed by atoms with Crippen LogP contribution in [0.15, 0.2) is 5.38 Å². The lowest BCUT2D eigenvalue weighted by atomic mass is 9.84. The minimum atomic E-state index is 0.0765. The zero-order chi connectivity index (χ0) is 14.1. The number of amides is 1. The van der Waals surface area contributed by atoms with Crippen molar-refractivity contribution in [2.75, 3.05) is 26.7 Å². The van der Waals surface area contributed by atoms with Crippen molar-refractivity contribution in [3.63, 3.8) is 0 Å². The molecule has 2 unspecified atom stereocenters. The van der Waals surface area contributed by atoms with E-state index >= 15 is 0 Å². The topological polar surface area (TPSA) is 62.5 Å². The summed E-state index contributed by atoms with van der Waals surface area (Å²) in [5.41, 5.74) is 6.13. The van der Waals surface area contributed by atoms with Gasteiger partial charge in [0.05, 0.1) is 0 Å². The number of nitrogens with zero attached hydrogens (tertiary/aromatic N) is 3. The molecule has 0 bridgehead atoms. The first-order valence-corrected chi connectivity index (χ1v) is 8.21. The molecule has 0 aromatic carbocycles. The van der Waals surface area contributed by atoms with Gasteiger partial charge in [0.2, 0.25) is 0 Å². The minimum Gasteiger partial charge on any atom is -0.337 e. The Balaban J connectivity index is 1.68. The number of nitrogens with two attached hydrogens (primary N) is 1. The fourth-order valence-corrected chi connectivity index (χ4v) is 4.15. The van der Waals surface area contributed by atoms with Gasteiger partial charge in [0.25, 0.3) is 5.91 Å². The molecule has 2 N–H and O–H groups in total. The van der Waals surface area contributed by atoms with E-state index in [2.05, 4.69) is 16.9 Å². The van der Waals surface area contributed by atoms with Crippen LogP contribution in [-0.4, -0.2) is 53.4 Å². The van der Waals surface area contributed by atoms with Gasteiger partial charge in [-0.2, -0.15) is 0 Å². The standard InChI is InChI=1S/C14H22N4OS/c1-17-5-2-3-10-8-18(6-4-12(10)17)14(19)11-9-20-13(7-15)16-11/h9-10,12H,2-8,15H2,1H3. The number of thiazole rings is 1. The Hall–Kier alpha value is -0.980. The third kappa shape index (κ3) is 2.60. The maximum Gasteiger partial charge on any atom is 0.273 e. The van der Waals surface area contributed by atoms with Crippen molar-refractivity contribution in [3.8, 4) is 0 Å². The Bertz CT molecular complexity index is 489. The number of hydrogen-bond acceptors (Lipinski definition) is 5. The fraction of sp³-hybridized carbons (Fsp3) is 0.714. The summed E-state index contributed by atoms with van der Waals surface area (Å²) in [5.74, 6) is 0.701. The lowest BCUT2D eigenvalue weighted by Gasteiger charge is -2.45. The van der Waals surface area contributed by atoms with Crippen LogP contribution in [-0.2, 0) is 6.54 Å². The number of piperidine rings is 2. The van der Waals surface area contributed by atoms with Gasteiger partial charge in [0.1, 0.15) is 10.7 Å². The summed E-state index contributed by atoms with van der Waals surface area (Å²) in [4.78, 5) is 21.3. The van der Waals surface area contributed by atoms with Crippen LogP contribution >= 0.6 is 11.3 Å². The molecule has 1 amide bonds. The molecule has 5 nitrogen and oxygen atoms in total. The number of rotatable bonds is 2. The van der Waals surface area contributed by atoms with Crippen molar-refractivity contribution in [3.05, 3.63) is 16.1 Å². The Morgan fingerprint density at radius 3 is 3.10 bits per heavy atom. The molecule has 6 heteroatoms. The monoisotopic (exact) mass is 294 g/mol. The van der Waals surface area contributed by atoms with E-state index in [1.54, 1.807) is 0 Å². The summed E-state index contributed by atoms with van der Waals surface area (Å²) in [7, 11) is 2.21. The first-order chi connectivity index (χ1) is 9.69.